The molecule has 29 heavy (non-hydrogen) atoms. The molecule has 0 aliphatic carbocycles. The summed E-state index contributed by atoms with van der Waals surface area (Å²) >= 11 is 3.52. The van der Waals surface area contributed by atoms with E-state index >= 15 is 0 Å². The Morgan fingerprint density at radius 2 is 0.931 bits per heavy atom. The normalized spacial score (nSPS) is 10.7. The summed E-state index contributed by atoms with van der Waals surface area (Å²) in [5.41, 5.74) is 2.49. The fourth-order valence-electron chi connectivity index (χ4n) is 2.87. The van der Waals surface area contributed by atoms with Gasteiger partial charge in [0.2, 0.25) is 0 Å². The van der Waals surface area contributed by atoms with Crippen LogP contribution in [0.15, 0.2) is 117 Å². The summed E-state index contributed by atoms with van der Waals surface area (Å²) in [5.74, 6) is 1.71. The molecule has 0 aromatic heterocycles. The maximum atomic E-state index is 6.22. The Balaban J connectivity index is 1.54. The molecule has 1 nitrogen and oxygen atoms in total. The van der Waals surface area contributed by atoms with Crippen LogP contribution in [0.4, 0.5) is 0 Å². The van der Waals surface area contributed by atoms with E-state index in [9.17, 15) is 0 Å². The van der Waals surface area contributed by atoms with E-state index in [1.54, 1.807) is 23.5 Å². The predicted molar refractivity (Wildman–Crippen MR) is 124 cm³/mol. The topological polar surface area (TPSA) is 9.23 Å². The van der Waals surface area contributed by atoms with E-state index in [4.69, 9.17) is 4.74 Å². The van der Waals surface area contributed by atoms with Gasteiger partial charge < -0.3 is 4.74 Å². The van der Waals surface area contributed by atoms with Crippen molar-refractivity contribution in [1.29, 1.82) is 0 Å². The number of ether oxygens (including phenoxy) is 1. The molecule has 3 heteroatoms. The zero-order valence-corrected chi connectivity index (χ0v) is 18.1. The fourth-order valence-corrected chi connectivity index (χ4v) is 4.78. The number of hydrogen-bond acceptors (Lipinski definition) is 3. The molecule has 4 aromatic rings. The highest BCUT2D eigenvalue weighted by molar-refractivity contribution is 7.99. The molecule has 4 rings (SSSR count). The molecule has 0 unspecified atom stereocenters. The van der Waals surface area contributed by atoms with Crippen LogP contribution in [0.3, 0.4) is 0 Å². The summed E-state index contributed by atoms with van der Waals surface area (Å²) in [4.78, 5) is 4.87. The Kier molecular flexibility index (Phi) is 6.28. The molecule has 0 saturated heterocycles. The van der Waals surface area contributed by atoms with Crippen molar-refractivity contribution in [1.82, 2.24) is 0 Å². The molecule has 0 heterocycles. The van der Waals surface area contributed by atoms with Gasteiger partial charge in [-0.2, -0.15) is 0 Å². The fraction of sp³-hybridized carbons (Fsp3) is 0.0769. The second-order valence-electron chi connectivity index (χ2n) is 6.79. The first-order valence-corrected chi connectivity index (χ1v) is 11.2. The maximum Gasteiger partial charge on any atom is 0.128 e. The van der Waals surface area contributed by atoms with Gasteiger partial charge >= 0.3 is 0 Å². The van der Waals surface area contributed by atoms with Crippen molar-refractivity contribution < 1.29 is 4.74 Å². The molecular formula is C26H22OS2. The van der Waals surface area contributed by atoms with Crippen LogP contribution in [0.25, 0.3) is 0 Å². The average Bonchev–Trinajstić information content (AvgIpc) is 2.74. The van der Waals surface area contributed by atoms with E-state index < -0.39 is 0 Å². The van der Waals surface area contributed by atoms with Crippen molar-refractivity contribution in [3.63, 3.8) is 0 Å². The van der Waals surface area contributed by atoms with Crippen LogP contribution in [0.2, 0.25) is 0 Å². The molecular weight excluding hydrogens is 392 g/mol. The zero-order chi connectivity index (χ0) is 20.1. The number of aryl methyl sites for hydroxylation is 2. The van der Waals surface area contributed by atoms with E-state index in [0.717, 1.165) is 11.5 Å². The van der Waals surface area contributed by atoms with Crippen LogP contribution in [0, 0.1) is 13.8 Å². The monoisotopic (exact) mass is 414 g/mol. The van der Waals surface area contributed by atoms with Gasteiger partial charge in [-0.25, -0.2) is 0 Å². The van der Waals surface area contributed by atoms with Crippen LogP contribution < -0.4 is 4.74 Å². The predicted octanol–water partition coefficient (Wildman–Crippen LogP) is 8.40. The highest BCUT2D eigenvalue weighted by Crippen LogP contribution is 2.36. The summed E-state index contributed by atoms with van der Waals surface area (Å²) in [6.45, 7) is 4.27. The van der Waals surface area contributed by atoms with Gasteiger partial charge in [0.1, 0.15) is 11.5 Å². The van der Waals surface area contributed by atoms with Crippen molar-refractivity contribution in [2.75, 3.05) is 0 Å². The van der Waals surface area contributed by atoms with E-state index in [2.05, 4.69) is 86.6 Å². The lowest BCUT2D eigenvalue weighted by Crippen LogP contribution is -1.89. The molecule has 0 N–H and O–H groups in total. The van der Waals surface area contributed by atoms with Gasteiger partial charge in [-0.05, 0) is 73.5 Å². The van der Waals surface area contributed by atoms with Gasteiger partial charge in [-0.3, -0.25) is 0 Å². The Morgan fingerprint density at radius 3 is 1.34 bits per heavy atom. The Labute approximate surface area is 181 Å². The molecule has 0 aliphatic rings. The molecule has 0 atom stereocenters. The second kappa shape index (κ2) is 9.25. The molecule has 144 valence electrons. The van der Waals surface area contributed by atoms with Crippen LogP contribution in [-0.4, -0.2) is 0 Å². The smallest absolute Gasteiger partial charge is 0.128 e. The highest BCUT2D eigenvalue weighted by atomic mass is 32.2. The van der Waals surface area contributed by atoms with Crippen LogP contribution in [0.5, 0.6) is 11.5 Å². The number of benzene rings is 4. The molecule has 0 spiro atoms. The molecule has 4 aromatic carbocycles. The number of hydrogen-bond donors (Lipinski definition) is 0. The van der Waals surface area contributed by atoms with Crippen molar-refractivity contribution >= 4 is 23.5 Å². The van der Waals surface area contributed by atoms with Crippen molar-refractivity contribution in [3.8, 4) is 11.5 Å². The minimum absolute atomic E-state index is 0.855. The van der Waals surface area contributed by atoms with Crippen molar-refractivity contribution in [2.45, 2.75) is 33.4 Å². The van der Waals surface area contributed by atoms with Gasteiger partial charge in [0.05, 0.1) is 0 Å². The summed E-state index contributed by atoms with van der Waals surface area (Å²) in [5, 5.41) is 0. The molecule has 0 fully saturated rings. The first kappa shape index (κ1) is 19.7. The lowest BCUT2D eigenvalue weighted by atomic mass is 10.2. The highest BCUT2D eigenvalue weighted by Gasteiger charge is 2.07. The first-order chi connectivity index (χ1) is 14.2. The van der Waals surface area contributed by atoms with Gasteiger partial charge in [0, 0.05) is 19.6 Å². The Morgan fingerprint density at radius 1 is 0.517 bits per heavy atom. The standard InChI is InChI=1S/C26H22OS2/c1-19-13-15-21(17-25(19)28-23-9-5-3-6-10-23)27-22-16-14-20(2)26(18-22)29-24-11-7-4-8-12-24/h3-18H,1-2H3. The van der Waals surface area contributed by atoms with Crippen molar-refractivity contribution in [2.24, 2.45) is 0 Å². The van der Waals surface area contributed by atoms with Gasteiger partial charge in [-0.15, -0.1) is 0 Å². The molecule has 0 bridgehead atoms. The molecule has 0 saturated carbocycles. The summed E-state index contributed by atoms with van der Waals surface area (Å²) in [6, 6.07) is 33.4. The largest absolute Gasteiger partial charge is 0.457 e. The lowest BCUT2D eigenvalue weighted by molar-refractivity contribution is 0.479. The van der Waals surface area contributed by atoms with Gasteiger partial charge in [0.25, 0.3) is 0 Å². The minimum Gasteiger partial charge on any atom is -0.457 e. The van der Waals surface area contributed by atoms with Crippen LogP contribution in [-0.2, 0) is 0 Å². The van der Waals surface area contributed by atoms with Crippen LogP contribution in [0.1, 0.15) is 11.1 Å². The Hall–Kier alpha value is -2.62. The van der Waals surface area contributed by atoms with E-state index in [-0.39, 0.29) is 0 Å². The van der Waals surface area contributed by atoms with Gasteiger partial charge in [0.15, 0.2) is 0 Å². The quantitative estimate of drug-likeness (QED) is 0.313. The molecule has 0 amide bonds. The van der Waals surface area contributed by atoms with E-state index in [1.165, 1.54) is 30.7 Å². The third kappa shape index (κ3) is 5.26. The average molecular weight is 415 g/mol. The zero-order valence-electron chi connectivity index (χ0n) is 16.5. The molecule has 0 radical (unpaired) electrons. The second-order valence-corrected chi connectivity index (χ2v) is 9.02. The summed E-state index contributed by atoms with van der Waals surface area (Å²) in [6.07, 6.45) is 0. The summed E-state index contributed by atoms with van der Waals surface area (Å²) in [7, 11) is 0. The number of rotatable bonds is 6. The molecule has 0 aliphatic heterocycles. The minimum atomic E-state index is 0.855. The van der Waals surface area contributed by atoms with E-state index in [0.29, 0.717) is 0 Å². The maximum absolute atomic E-state index is 6.22. The third-order valence-corrected chi connectivity index (χ3v) is 6.83. The first-order valence-electron chi connectivity index (χ1n) is 9.52. The third-order valence-electron chi connectivity index (χ3n) is 4.50. The lowest BCUT2D eigenvalue weighted by Gasteiger charge is -2.12. The van der Waals surface area contributed by atoms with Gasteiger partial charge in [-0.1, -0.05) is 72.1 Å². The Bertz CT molecular complexity index is 1000. The van der Waals surface area contributed by atoms with Crippen molar-refractivity contribution in [3.05, 3.63) is 108 Å². The summed E-state index contributed by atoms with van der Waals surface area (Å²) < 4.78 is 6.22. The van der Waals surface area contributed by atoms with Crippen LogP contribution >= 0.6 is 23.5 Å². The SMILES string of the molecule is Cc1ccc(Oc2ccc(C)c(Sc3ccccc3)c2)cc1Sc1ccccc1. The van der Waals surface area contributed by atoms with E-state index in [1.807, 2.05) is 24.3 Å².